The molecule has 0 amide bonds. The summed E-state index contributed by atoms with van der Waals surface area (Å²) in [5, 5.41) is 18.1. The Bertz CT molecular complexity index is 481. The number of likely N-dealkylation sites (N-methyl/N-ethyl adjacent to an activating group) is 1. The van der Waals surface area contributed by atoms with E-state index in [1.807, 2.05) is 7.05 Å². The van der Waals surface area contributed by atoms with Crippen LogP contribution in [-0.4, -0.2) is 28.5 Å². The number of benzene rings is 1. The lowest BCUT2D eigenvalue weighted by molar-refractivity contribution is 0.476. The second-order valence-electron chi connectivity index (χ2n) is 3.32. The predicted molar refractivity (Wildman–Crippen MR) is 60.3 cm³/mol. The van der Waals surface area contributed by atoms with E-state index in [0.29, 0.717) is 11.7 Å². The Kier molecular flexibility index (Phi) is 2.79. The first-order chi connectivity index (χ1) is 7.22. The lowest BCUT2D eigenvalue weighted by atomic mass is 10.2. The van der Waals surface area contributed by atoms with Crippen molar-refractivity contribution >= 4 is 22.5 Å². The van der Waals surface area contributed by atoms with E-state index in [4.69, 9.17) is 11.6 Å². The zero-order valence-corrected chi connectivity index (χ0v) is 9.12. The van der Waals surface area contributed by atoms with Crippen LogP contribution in [-0.2, 0) is 6.54 Å². The smallest absolute Gasteiger partial charge is 0.134 e. The maximum absolute atomic E-state index is 9.30. The maximum atomic E-state index is 9.30. The van der Waals surface area contributed by atoms with Crippen LogP contribution >= 0.6 is 11.6 Å². The van der Waals surface area contributed by atoms with Crippen LogP contribution in [0.5, 0.6) is 5.75 Å². The van der Waals surface area contributed by atoms with E-state index in [2.05, 4.69) is 10.4 Å². The van der Waals surface area contributed by atoms with Gasteiger partial charge >= 0.3 is 0 Å². The molecular weight excluding hydrogens is 214 g/mol. The molecule has 1 aromatic heterocycles. The van der Waals surface area contributed by atoms with E-state index in [1.54, 1.807) is 22.9 Å². The van der Waals surface area contributed by atoms with E-state index in [1.165, 1.54) is 0 Å². The Labute approximate surface area is 92.5 Å². The van der Waals surface area contributed by atoms with Crippen LogP contribution in [0.2, 0.25) is 5.15 Å². The van der Waals surface area contributed by atoms with Gasteiger partial charge in [-0.25, -0.2) is 0 Å². The summed E-state index contributed by atoms with van der Waals surface area (Å²) in [6.07, 6.45) is 0. The molecule has 4 nitrogen and oxygen atoms in total. The monoisotopic (exact) mass is 225 g/mol. The van der Waals surface area contributed by atoms with Crippen LogP contribution < -0.4 is 5.32 Å². The summed E-state index contributed by atoms with van der Waals surface area (Å²) >= 11 is 6.14. The minimum Gasteiger partial charge on any atom is -0.508 e. The Morgan fingerprint density at radius 1 is 1.53 bits per heavy atom. The molecule has 0 aliphatic rings. The van der Waals surface area contributed by atoms with Gasteiger partial charge < -0.3 is 10.4 Å². The highest BCUT2D eigenvalue weighted by Gasteiger charge is 2.08. The van der Waals surface area contributed by atoms with Gasteiger partial charge in [-0.2, -0.15) is 5.10 Å². The van der Waals surface area contributed by atoms with Crippen molar-refractivity contribution in [2.45, 2.75) is 6.54 Å². The standard InChI is InChI=1S/C10H12ClN3O/c1-12-4-5-14-10(11)8-3-2-7(15)6-9(8)13-14/h2-3,6,12,15H,4-5H2,1H3. The molecule has 15 heavy (non-hydrogen) atoms. The number of aromatic nitrogens is 2. The van der Waals surface area contributed by atoms with Gasteiger partial charge in [-0.1, -0.05) is 11.6 Å². The van der Waals surface area contributed by atoms with E-state index < -0.39 is 0 Å². The third kappa shape index (κ3) is 1.91. The van der Waals surface area contributed by atoms with E-state index in [0.717, 1.165) is 17.4 Å². The topological polar surface area (TPSA) is 50.1 Å². The molecule has 2 rings (SSSR count). The Morgan fingerprint density at radius 2 is 2.33 bits per heavy atom. The van der Waals surface area contributed by atoms with Gasteiger partial charge in [-0.15, -0.1) is 0 Å². The van der Waals surface area contributed by atoms with Crippen molar-refractivity contribution in [1.82, 2.24) is 15.1 Å². The molecule has 2 aromatic rings. The van der Waals surface area contributed by atoms with Gasteiger partial charge in [0.2, 0.25) is 0 Å². The summed E-state index contributed by atoms with van der Waals surface area (Å²) in [5.41, 5.74) is 0.719. The van der Waals surface area contributed by atoms with Gasteiger partial charge in [0.05, 0.1) is 12.1 Å². The van der Waals surface area contributed by atoms with Gasteiger partial charge in [0.15, 0.2) is 0 Å². The first-order valence-electron chi connectivity index (χ1n) is 4.72. The third-order valence-electron chi connectivity index (χ3n) is 2.23. The molecule has 0 saturated heterocycles. The summed E-state index contributed by atoms with van der Waals surface area (Å²) in [6, 6.07) is 4.99. The molecule has 0 fully saturated rings. The number of nitrogens with one attached hydrogen (secondary N) is 1. The molecule has 1 heterocycles. The van der Waals surface area contributed by atoms with Gasteiger partial charge in [0, 0.05) is 18.0 Å². The van der Waals surface area contributed by atoms with Crippen molar-refractivity contribution in [3.8, 4) is 5.75 Å². The fourth-order valence-corrected chi connectivity index (χ4v) is 1.74. The highest BCUT2D eigenvalue weighted by Crippen LogP contribution is 2.25. The lowest BCUT2D eigenvalue weighted by Gasteiger charge is -2.00. The van der Waals surface area contributed by atoms with Crippen LogP contribution in [0.4, 0.5) is 0 Å². The van der Waals surface area contributed by atoms with Crippen LogP contribution in [0.25, 0.3) is 10.9 Å². The number of halogens is 1. The molecule has 80 valence electrons. The van der Waals surface area contributed by atoms with Crippen LogP contribution in [0.15, 0.2) is 18.2 Å². The summed E-state index contributed by atoms with van der Waals surface area (Å²) < 4.78 is 1.72. The van der Waals surface area contributed by atoms with Crippen molar-refractivity contribution in [1.29, 1.82) is 0 Å². The quantitative estimate of drug-likeness (QED) is 0.835. The Hall–Kier alpha value is -1.26. The van der Waals surface area contributed by atoms with Crippen LogP contribution in [0.1, 0.15) is 0 Å². The molecule has 0 aliphatic carbocycles. The van der Waals surface area contributed by atoms with Crippen molar-refractivity contribution in [3.63, 3.8) is 0 Å². The lowest BCUT2D eigenvalue weighted by Crippen LogP contribution is -2.15. The van der Waals surface area contributed by atoms with Crippen molar-refractivity contribution < 1.29 is 5.11 Å². The Balaban J connectivity index is 2.44. The fraction of sp³-hybridized carbons (Fsp3) is 0.300. The number of hydrogen-bond acceptors (Lipinski definition) is 3. The average molecular weight is 226 g/mol. The maximum Gasteiger partial charge on any atom is 0.134 e. The van der Waals surface area contributed by atoms with Crippen molar-refractivity contribution in [3.05, 3.63) is 23.4 Å². The first-order valence-corrected chi connectivity index (χ1v) is 5.10. The number of nitrogens with zero attached hydrogens (tertiary/aromatic N) is 2. The molecule has 0 radical (unpaired) electrons. The summed E-state index contributed by atoms with van der Waals surface area (Å²) in [4.78, 5) is 0. The highest BCUT2D eigenvalue weighted by atomic mass is 35.5. The minimum absolute atomic E-state index is 0.206. The Morgan fingerprint density at radius 3 is 3.07 bits per heavy atom. The van der Waals surface area contributed by atoms with Gasteiger partial charge in [-0.05, 0) is 19.2 Å². The molecule has 5 heteroatoms. The third-order valence-corrected chi connectivity index (χ3v) is 2.63. The number of aromatic hydroxyl groups is 1. The predicted octanol–water partition coefficient (Wildman–Crippen LogP) is 1.61. The SMILES string of the molecule is CNCCn1nc2cc(O)ccc2c1Cl. The number of hydrogen-bond donors (Lipinski definition) is 2. The minimum atomic E-state index is 0.206. The molecule has 0 saturated carbocycles. The molecule has 0 spiro atoms. The molecule has 0 bridgehead atoms. The second-order valence-corrected chi connectivity index (χ2v) is 3.68. The normalized spacial score (nSPS) is 11.1. The zero-order chi connectivity index (χ0) is 10.8. The van der Waals surface area contributed by atoms with Crippen LogP contribution in [0, 0.1) is 0 Å². The van der Waals surface area contributed by atoms with Gasteiger partial charge in [0.1, 0.15) is 10.9 Å². The van der Waals surface area contributed by atoms with Crippen LogP contribution in [0.3, 0.4) is 0 Å². The van der Waals surface area contributed by atoms with Crippen molar-refractivity contribution in [2.75, 3.05) is 13.6 Å². The summed E-state index contributed by atoms with van der Waals surface area (Å²) in [6.45, 7) is 1.52. The van der Waals surface area contributed by atoms with Gasteiger partial charge in [-0.3, -0.25) is 4.68 Å². The summed E-state index contributed by atoms with van der Waals surface area (Å²) in [7, 11) is 1.88. The van der Waals surface area contributed by atoms with E-state index >= 15 is 0 Å². The molecule has 0 atom stereocenters. The molecule has 2 N–H and O–H groups in total. The largest absolute Gasteiger partial charge is 0.508 e. The van der Waals surface area contributed by atoms with Crippen molar-refractivity contribution in [2.24, 2.45) is 0 Å². The molecule has 0 aliphatic heterocycles. The highest BCUT2D eigenvalue weighted by molar-refractivity contribution is 6.34. The number of rotatable bonds is 3. The van der Waals surface area contributed by atoms with Gasteiger partial charge in [0.25, 0.3) is 0 Å². The molecule has 0 unspecified atom stereocenters. The van der Waals surface area contributed by atoms with E-state index in [-0.39, 0.29) is 5.75 Å². The molecule has 1 aromatic carbocycles. The zero-order valence-electron chi connectivity index (χ0n) is 8.37. The van der Waals surface area contributed by atoms with E-state index in [9.17, 15) is 5.11 Å². The fourth-order valence-electron chi connectivity index (χ4n) is 1.46. The number of phenols is 1. The second kappa shape index (κ2) is 4.08. The average Bonchev–Trinajstić information content (AvgIpc) is 2.52. The number of fused-ring (bicyclic) bond motifs is 1. The number of phenolic OH excluding ortho intramolecular Hbond substituents is 1. The summed E-state index contributed by atoms with van der Waals surface area (Å²) in [5.74, 6) is 0.206. The molecular formula is C10H12ClN3O. The first kappa shape index (κ1) is 10.3.